The van der Waals surface area contributed by atoms with E-state index in [4.69, 9.17) is 16.5 Å². The Morgan fingerprint density at radius 1 is 1.02 bits per heavy atom. The van der Waals surface area contributed by atoms with Gasteiger partial charge in [-0.15, -0.1) is 0 Å². The van der Waals surface area contributed by atoms with E-state index in [9.17, 15) is 9.59 Å². The number of anilines is 2. The molecule has 2 atom stereocenters. The van der Waals surface area contributed by atoms with Crippen molar-refractivity contribution in [2.45, 2.75) is 19.3 Å². The van der Waals surface area contributed by atoms with Gasteiger partial charge in [-0.05, 0) is 67.6 Å². The first-order valence-corrected chi connectivity index (χ1v) is 13.5. The number of amides is 1. The van der Waals surface area contributed by atoms with Crippen LogP contribution in [0.4, 0.5) is 11.5 Å². The van der Waals surface area contributed by atoms with E-state index in [1.165, 1.54) is 10.2 Å². The fourth-order valence-corrected chi connectivity index (χ4v) is 5.33. The molecule has 0 saturated heterocycles. The first-order chi connectivity index (χ1) is 19.9. The number of nitrogens with one attached hydrogen (secondary N) is 1. The molecule has 2 aromatic heterocycles. The van der Waals surface area contributed by atoms with Gasteiger partial charge >= 0.3 is 0 Å². The Kier molecular flexibility index (Phi) is 6.72. The summed E-state index contributed by atoms with van der Waals surface area (Å²) in [5.74, 6) is 0.894. The van der Waals surface area contributed by atoms with Crippen molar-refractivity contribution < 1.29 is 4.79 Å². The van der Waals surface area contributed by atoms with Gasteiger partial charge in [-0.25, -0.2) is 14.6 Å². The maximum atomic E-state index is 13.2. The molecule has 9 heteroatoms. The number of carbonyl (C=O) groups excluding carboxylic acids is 1. The lowest BCUT2D eigenvalue weighted by molar-refractivity contribution is 0.102. The highest BCUT2D eigenvalue weighted by atomic mass is 16.2. The Balaban J connectivity index is 1.23. The van der Waals surface area contributed by atoms with Crippen LogP contribution in [0.15, 0.2) is 89.9 Å². The number of benzene rings is 3. The minimum absolute atomic E-state index is 0.0921. The molecule has 2 unspecified atom stereocenters. The molecule has 1 fully saturated rings. The van der Waals surface area contributed by atoms with Gasteiger partial charge in [0.15, 0.2) is 0 Å². The van der Waals surface area contributed by atoms with E-state index in [0.29, 0.717) is 47.0 Å². The molecule has 1 aliphatic carbocycles. The zero-order chi connectivity index (χ0) is 28.7. The Bertz CT molecular complexity index is 1810. The SMILES string of the molecule is Cc1c(C(=O)Nc2ccc(-c3nc(-c4cccc(C5CC5CN)c4)cnc3N)cc2)c(=O)n(-c2ccccc2)n1C. The van der Waals surface area contributed by atoms with Crippen LogP contribution in [0.3, 0.4) is 0 Å². The van der Waals surface area contributed by atoms with Gasteiger partial charge in [0.2, 0.25) is 0 Å². The van der Waals surface area contributed by atoms with Crippen molar-refractivity contribution in [3.63, 3.8) is 0 Å². The fraction of sp³-hybridized carbons (Fsp3) is 0.188. The smallest absolute Gasteiger partial charge is 0.284 e. The fourth-order valence-electron chi connectivity index (χ4n) is 5.33. The van der Waals surface area contributed by atoms with E-state index < -0.39 is 5.91 Å². The normalized spacial score (nSPS) is 16.0. The lowest BCUT2D eigenvalue weighted by Crippen LogP contribution is -2.25. The number of para-hydroxylation sites is 1. The third kappa shape index (κ3) is 4.92. The molecule has 1 aliphatic rings. The molecule has 0 spiro atoms. The molecular formula is C32H31N7O2. The van der Waals surface area contributed by atoms with Crippen LogP contribution in [0.2, 0.25) is 0 Å². The monoisotopic (exact) mass is 545 g/mol. The van der Waals surface area contributed by atoms with Crippen molar-refractivity contribution in [3.05, 3.63) is 112 Å². The van der Waals surface area contributed by atoms with Crippen LogP contribution in [-0.2, 0) is 7.05 Å². The van der Waals surface area contributed by atoms with Gasteiger partial charge in [-0.3, -0.25) is 14.3 Å². The van der Waals surface area contributed by atoms with Gasteiger partial charge in [0.25, 0.3) is 11.5 Å². The van der Waals surface area contributed by atoms with E-state index in [-0.39, 0.29) is 11.1 Å². The van der Waals surface area contributed by atoms with Crippen LogP contribution in [0.5, 0.6) is 0 Å². The highest BCUT2D eigenvalue weighted by molar-refractivity contribution is 6.05. The number of nitrogen functional groups attached to an aromatic ring is 1. The van der Waals surface area contributed by atoms with Crippen LogP contribution >= 0.6 is 0 Å². The molecular weight excluding hydrogens is 514 g/mol. The maximum absolute atomic E-state index is 13.2. The molecule has 206 valence electrons. The summed E-state index contributed by atoms with van der Waals surface area (Å²) in [7, 11) is 1.76. The number of rotatable bonds is 7. The third-order valence-corrected chi connectivity index (χ3v) is 7.83. The van der Waals surface area contributed by atoms with Crippen molar-refractivity contribution >= 4 is 17.4 Å². The van der Waals surface area contributed by atoms with Crippen LogP contribution in [0.25, 0.3) is 28.2 Å². The summed E-state index contributed by atoms with van der Waals surface area (Å²) >= 11 is 0. The van der Waals surface area contributed by atoms with E-state index in [1.54, 1.807) is 37.0 Å². The largest absolute Gasteiger partial charge is 0.382 e. The van der Waals surface area contributed by atoms with Crippen LogP contribution < -0.4 is 22.3 Å². The molecule has 9 nitrogen and oxygen atoms in total. The van der Waals surface area contributed by atoms with Crippen molar-refractivity contribution in [2.24, 2.45) is 18.7 Å². The average molecular weight is 546 g/mol. The van der Waals surface area contributed by atoms with E-state index in [0.717, 1.165) is 23.2 Å². The molecule has 41 heavy (non-hydrogen) atoms. The quantitative estimate of drug-likeness (QED) is 0.276. The Labute approximate surface area is 237 Å². The summed E-state index contributed by atoms with van der Waals surface area (Å²) in [6.07, 6.45) is 2.80. The molecule has 3 aromatic carbocycles. The molecule has 1 amide bonds. The molecule has 5 N–H and O–H groups in total. The van der Waals surface area contributed by atoms with E-state index in [1.807, 2.05) is 54.6 Å². The number of nitrogens with two attached hydrogens (primary N) is 2. The first kappa shape index (κ1) is 26.2. The highest BCUT2D eigenvalue weighted by Gasteiger charge is 2.36. The van der Waals surface area contributed by atoms with Crippen molar-refractivity contribution in [3.8, 4) is 28.2 Å². The number of hydrogen-bond donors (Lipinski definition) is 3. The van der Waals surface area contributed by atoms with Crippen LogP contribution in [0.1, 0.15) is 34.0 Å². The molecule has 0 aliphatic heterocycles. The van der Waals surface area contributed by atoms with E-state index >= 15 is 0 Å². The van der Waals surface area contributed by atoms with Crippen LogP contribution in [-0.4, -0.2) is 31.8 Å². The predicted molar refractivity (Wildman–Crippen MR) is 161 cm³/mol. The third-order valence-electron chi connectivity index (χ3n) is 7.83. The van der Waals surface area contributed by atoms with Crippen LogP contribution in [0, 0.1) is 12.8 Å². The summed E-state index contributed by atoms with van der Waals surface area (Å²) in [5, 5.41) is 2.85. The predicted octanol–water partition coefficient (Wildman–Crippen LogP) is 4.51. The van der Waals surface area contributed by atoms with Gasteiger partial charge in [-0.1, -0.05) is 48.5 Å². The zero-order valence-corrected chi connectivity index (χ0v) is 22.9. The lowest BCUT2D eigenvalue weighted by atomic mass is 10.0. The second-order valence-corrected chi connectivity index (χ2v) is 10.4. The molecule has 5 aromatic rings. The topological polar surface area (TPSA) is 134 Å². The van der Waals surface area contributed by atoms with Gasteiger partial charge < -0.3 is 16.8 Å². The second-order valence-electron chi connectivity index (χ2n) is 10.4. The summed E-state index contributed by atoms with van der Waals surface area (Å²) < 4.78 is 3.17. The van der Waals surface area contributed by atoms with Crippen molar-refractivity contribution in [1.82, 2.24) is 19.3 Å². The minimum atomic E-state index is -0.473. The molecule has 0 radical (unpaired) electrons. The summed E-state index contributed by atoms with van der Waals surface area (Å²) in [6, 6.07) is 24.7. The van der Waals surface area contributed by atoms with Crippen molar-refractivity contribution in [1.29, 1.82) is 0 Å². The highest BCUT2D eigenvalue weighted by Crippen LogP contribution is 2.47. The number of aromatic nitrogens is 4. The molecule has 2 heterocycles. The Morgan fingerprint density at radius 2 is 1.78 bits per heavy atom. The summed E-state index contributed by atoms with van der Waals surface area (Å²) in [6.45, 7) is 2.46. The minimum Gasteiger partial charge on any atom is -0.382 e. The number of hydrogen-bond acceptors (Lipinski definition) is 6. The lowest BCUT2D eigenvalue weighted by Gasteiger charge is -2.10. The van der Waals surface area contributed by atoms with Gasteiger partial charge in [-0.2, -0.15) is 0 Å². The Morgan fingerprint density at radius 3 is 2.49 bits per heavy atom. The number of nitrogens with zero attached hydrogens (tertiary/aromatic N) is 4. The summed E-state index contributed by atoms with van der Waals surface area (Å²) in [5.41, 5.74) is 17.9. The van der Waals surface area contributed by atoms with Gasteiger partial charge in [0.05, 0.1) is 23.3 Å². The first-order valence-electron chi connectivity index (χ1n) is 13.5. The summed E-state index contributed by atoms with van der Waals surface area (Å²) in [4.78, 5) is 35.6. The van der Waals surface area contributed by atoms with Gasteiger partial charge in [0, 0.05) is 23.9 Å². The zero-order valence-electron chi connectivity index (χ0n) is 22.9. The molecule has 1 saturated carbocycles. The maximum Gasteiger partial charge on any atom is 0.284 e. The van der Waals surface area contributed by atoms with Crippen molar-refractivity contribution in [2.75, 3.05) is 17.6 Å². The van der Waals surface area contributed by atoms with Gasteiger partial charge in [0.1, 0.15) is 17.1 Å². The number of carbonyl (C=O) groups is 1. The van der Waals surface area contributed by atoms with E-state index in [2.05, 4.69) is 22.4 Å². The standard InChI is InChI=1S/C32H31N7O2/c1-19-28(32(41)39(38(19)2)25-9-4-3-5-10-25)31(40)36-24-13-11-20(12-14-24)29-30(34)35-18-27(37-29)22-8-6-7-21(15-22)26-16-23(26)17-33/h3-15,18,23,26H,16-17,33H2,1-2H3,(H2,34,35)(H,36,40). The second kappa shape index (κ2) is 10.5. The molecule has 6 rings (SSSR count). The average Bonchev–Trinajstić information content (AvgIpc) is 3.75. The molecule has 0 bridgehead atoms. The Hall–Kier alpha value is -5.02.